The summed E-state index contributed by atoms with van der Waals surface area (Å²) in [7, 11) is -3.81. The maximum atomic E-state index is 13.4. The predicted molar refractivity (Wildman–Crippen MR) is 114 cm³/mol. The van der Waals surface area contributed by atoms with E-state index in [1.807, 2.05) is 32.0 Å². The van der Waals surface area contributed by atoms with Crippen LogP contribution in [0.4, 0.5) is 11.4 Å². The Kier molecular flexibility index (Phi) is 4.65. The Balaban J connectivity index is 1.56. The lowest BCUT2D eigenvalue weighted by Gasteiger charge is -2.26. The molecule has 6 nitrogen and oxygen atoms in total. The number of para-hydroxylation sites is 1. The SMILES string of the molecule is C=CCOc1ccc(NC(=O)[C@]23C[C@@H]2CN(c2c(C)cccc2C)S3(=O)=O)cc1. The van der Waals surface area contributed by atoms with Crippen LogP contribution in [0.3, 0.4) is 0 Å². The van der Waals surface area contributed by atoms with Gasteiger partial charge in [-0.2, -0.15) is 0 Å². The van der Waals surface area contributed by atoms with Crippen molar-refractivity contribution >= 4 is 27.3 Å². The lowest BCUT2D eigenvalue weighted by Crippen LogP contribution is -2.42. The van der Waals surface area contributed by atoms with Crippen molar-refractivity contribution in [2.75, 3.05) is 22.8 Å². The zero-order valence-electron chi connectivity index (χ0n) is 16.5. The van der Waals surface area contributed by atoms with Crippen molar-refractivity contribution in [2.45, 2.75) is 25.0 Å². The minimum Gasteiger partial charge on any atom is -0.490 e. The third-order valence-electron chi connectivity index (χ3n) is 5.74. The molecule has 0 radical (unpaired) electrons. The highest BCUT2D eigenvalue weighted by Crippen LogP contribution is 2.59. The largest absolute Gasteiger partial charge is 0.490 e. The van der Waals surface area contributed by atoms with E-state index in [0.29, 0.717) is 36.7 Å². The number of nitrogens with one attached hydrogen (secondary N) is 1. The molecule has 2 fully saturated rings. The summed E-state index contributed by atoms with van der Waals surface area (Å²) in [4.78, 5) is 13.0. The Morgan fingerprint density at radius 1 is 1.24 bits per heavy atom. The van der Waals surface area contributed by atoms with Crippen LogP contribution >= 0.6 is 0 Å². The van der Waals surface area contributed by atoms with E-state index in [0.717, 1.165) is 11.1 Å². The van der Waals surface area contributed by atoms with Crippen LogP contribution in [0.5, 0.6) is 5.75 Å². The number of carbonyl (C=O) groups excluding carboxylic acids is 1. The van der Waals surface area contributed by atoms with Crippen molar-refractivity contribution in [1.82, 2.24) is 0 Å². The number of hydrogen-bond acceptors (Lipinski definition) is 4. The average molecular weight is 413 g/mol. The average Bonchev–Trinajstić information content (AvgIpc) is 3.37. The van der Waals surface area contributed by atoms with Gasteiger partial charge < -0.3 is 10.1 Å². The summed E-state index contributed by atoms with van der Waals surface area (Å²) in [5.41, 5.74) is 3.01. The van der Waals surface area contributed by atoms with Crippen molar-refractivity contribution in [2.24, 2.45) is 5.92 Å². The van der Waals surface area contributed by atoms with E-state index in [-0.39, 0.29) is 5.92 Å². The Morgan fingerprint density at radius 2 is 1.90 bits per heavy atom. The predicted octanol–water partition coefficient (Wildman–Crippen LogP) is 3.42. The van der Waals surface area contributed by atoms with E-state index >= 15 is 0 Å². The summed E-state index contributed by atoms with van der Waals surface area (Å²) in [6, 6.07) is 12.6. The Labute approximate surface area is 171 Å². The molecule has 7 heteroatoms. The van der Waals surface area contributed by atoms with Gasteiger partial charge in [-0.25, -0.2) is 8.42 Å². The monoisotopic (exact) mass is 412 g/mol. The van der Waals surface area contributed by atoms with Gasteiger partial charge in [0.2, 0.25) is 15.9 Å². The van der Waals surface area contributed by atoms with E-state index in [1.54, 1.807) is 30.3 Å². The van der Waals surface area contributed by atoms with Gasteiger partial charge in [0.1, 0.15) is 12.4 Å². The standard InChI is InChI=1S/C22H24N2O4S/c1-4-12-28-19-10-8-18(9-11-19)23-21(25)22-13-17(22)14-24(29(22,26)27)20-15(2)6-5-7-16(20)3/h4-11,17H,1,12-14H2,2-3H3,(H,23,25)/t17-,22+/m1/s1. The topological polar surface area (TPSA) is 75.7 Å². The Bertz CT molecular complexity index is 1060. The fourth-order valence-electron chi connectivity index (χ4n) is 4.16. The first-order valence-electron chi connectivity index (χ1n) is 9.55. The number of benzene rings is 2. The molecule has 2 aromatic carbocycles. The molecule has 1 saturated heterocycles. The van der Waals surface area contributed by atoms with Crippen LogP contribution in [0, 0.1) is 19.8 Å². The summed E-state index contributed by atoms with van der Waals surface area (Å²) in [5, 5.41) is 2.79. The van der Waals surface area contributed by atoms with Crippen molar-refractivity contribution < 1.29 is 17.9 Å². The second-order valence-electron chi connectivity index (χ2n) is 7.65. The van der Waals surface area contributed by atoms with Crippen LogP contribution in [0.1, 0.15) is 17.5 Å². The van der Waals surface area contributed by atoms with Crippen LogP contribution in [-0.4, -0.2) is 32.2 Å². The van der Waals surface area contributed by atoms with Gasteiger partial charge in [-0.05, 0) is 55.7 Å². The minimum absolute atomic E-state index is 0.193. The van der Waals surface area contributed by atoms with E-state index in [1.165, 1.54) is 4.31 Å². The molecule has 0 aromatic heterocycles. The first kappa shape index (κ1) is 19.5. The second-order valence-corrected chi connectivity index (χ2v) is 9.76. The highest BCUT2D eigenvalue weighted by molar-refractivity contribution is 7.95. The highest BCUT2D eigenvalue weighted by atomic mass is 32.2. The third-order valence-corrected chi connectivity index (χ3v) is 8.26. The molecule has 0 spiro atoms. The van der Waals surface area contributed by atoms with Crippen molar-refractivity contribution in [1.29, 1.82) is 0 Å². The molecule has 152 valence electrons. The maximum absolute atomic E-state index is 13.4. The summed E-state index contributed by atoms with van der Waals surface area (Å²) in [5.74, 6) is -0.00208. The lowest BCUT2D eigenvalue weighted by molar-refractivity contribution is -0.116. The number of fused-ring (bicyclic) bond motifs is 1. The summed E-state index contributed by atoms with van der Waals surface area (Å²) >= 11 is 0. The first-order valence-corrected chi connectivity index (χ1v) is 11.0. The van der Waals surface area contributed by atoms with E-state index in [4.69, 9.17) is 4.74 Å². The number of nitrogens with zero attached hydrogens (tertiary/aromatic N) is 1. The number of amides is 1. The van der Waals surface area contributed by atoms with Crippen LogP contribution in [0.15, 0.2) is 55.1 Å². The number of rotatable bonds is 6. The van der Waals surface area contributed by atoms with Gasteiger partial charge in [0.25, 0.3) is 0 Å². The molecule has 1 N–H and O–H groups in total. The van der Waals surface area contributed by atoms with Gasteiger partial charge in [-0.15, -0.1) is 0 Å². The number of anilines is 2. The number of aryl methyl sites for hydroxylation is 2. The number of carbonyl (C=O) groups is 1. The smallest absolute Gasteiger partial charge is 0.250 e. The van der Waals surface area contributed by atoms with Crippen molar-refractivity contribution in [3.05, 3.63) is 66.2 Å². The number of sulfonamides is 1. The van der Waals surface area contributed by atoms with E-state index in [9.17, 15) is 13.2 Å². The molecule has 1 amide bonds. The van der Waals surface area contributed by atoms with Crippen LogP contribution in [-0.2, 0) is 14.8 Å². The Hall–Kier alpha value is -2.80. The van der Waals surface area contributed by atoms with Gasteiger partial charge in [0.05, 0.1) is 5.69 Å². The first-order chi connectivity index (χ1) is 13.8. The normalized spacial score (nSPS) is 23.9. The summed E-state index contributed by atoms with van der Waals surface area (Å²) in [6.45, 7) is 8.12. The molecule has 0 bridgehead atoms. The molecule has 0 unspecified atom stereocenters. The van der Waals surface area contributed by atoms with Gasteiger partial charge in [-0.1, -0.05) is 30.9 Å². The van der Waals surface area contributed by atoms with Crippen molar-refractivity contribution in [3.63, 3.8) is 0 Å². The lowest BCUT2D eigenvalue weighted by atomic mass is 10.1. The zero-order valence-corrected chi connectivity index (χ0v) is 17.3. The summed E-state index contributed by atoms with van der Waals surface area (Å²) in [6.07, 6.45) is 2.01. The fourth-order valence-corrected chi connectivity index (χ4v) is 6.65. The van der Waals surface area contributed by atoms with E-state index < -0.39 is 20.7 Å². The quantitative estimate of drug-likeness (QED) is 0.738. The highest BCUT2D eigenvalue weighted by Gasteiger charge is 2.75. The van der Waals surface area contributed by atoms with Gasteiger partial charge in [0, 0.05) is 18.2 Å². The minimum atomic E-state index is -3.81. The van der Waals surface area contributed by atoms with Crippen molar-refractivity contribution in [3.8, 4) is 5.75 Å². The molecule has 1 saturated carbocycles. The van der Waals surface area contributed by atoms with Crippen LogP contribution in [0.2, 0.25) is 0 Å². The van der Waals surface area contributed by atoms with E-state index in [2.05, 4.69) is 11.9 Å². The molecule has 1 aliphatic carbocycles. The third kappa shape index (κ3) is 3.00. The van der Waals surface area contributed by atoms with Gasteiger partial charge in [-0.3, -0.25) is 9.10 Å². The number of hydrogen-bond donors (Lipinski definition) is 1. The summed E-state index contributed by atoms with van der Waals surface area (Å²) < 4.78 is 32.3. The fraction of sp³-hybridized carbons (Fsp3) is 0.318. The van der Waals surface area contributed by atoms with Crippen LogP contribution in [0.25, 0.3) is 0 Å². The molecular weight excluding hydrogens is 388 g/mol. The molecule has 1 heterocycles. The molecule has 2 aliphatic rings. The molecule has 2 aromatic rings. The molecule has 4 rings (SSSR count). The molecule has 29 heavy (non-hydrogen) atoms. The van der Waals surface area contributed by atoms with Crippen LogP contribution < -0.4 is 14.4 Å². The van der Waals surface area contributed by atoms with Gasteiger partial charge >= 0.3 is 0 Å². The second kappa shape index (κ2) is 6.91. The Morgan fingerprint density at radius 3 is 2.52 bits per heavy atom. The molecule has 1 aliphatic heterocycles. The zero-order chi connectivity index (χ0) is 20.8. The van der Waals surface area contributed by atoms with Gasteiger partial charge in [0.15, 0.2) is 4.75 Å². The molecule has 2 atom stereocenters. The maximum Gasteiger partial charge on any atom is 0.250 e. The molecular formula is C22H24N2O4S. The number of ether oxygens (including phenoxy) is 1.